The highest BCUT2D eigenvalue weighted by Crippen LogP contribution is 2.19. The van der Waals surface area contributed by atoms with Crippen LogP contribution in [0.3, 0.4) is 0 Å². The third-order valence-corrected chi connectivity index (χ3v) is 3.53. The summed E-state index contributed by atoms with van der Waals surface area (Å²) in [6.45, 7) is 1.87. The Kier molecular flexibility index (Phi) is 3.85. The Bertz CT molecular complexity index is 633. The van der Waals surface area contributed by atoms with E-state index in [1.54, 1.807) is 12.1 Å². The van der Waals surface area contributed by atoms with E-state index in [9.17, 15) is 4.39 Å². The minimum atomic E-state index is -0.364. The maximum absolute atomic E-state index is 13.6. The van der Waals surface area contributed by atoms with E-state index >= 15 is 0 Å². The van der Waals surface area contributed by atoms with Crippen molar-refractivity contribution in [2.75, 3.05) is 6.54 Å². The van der Waals surface area contributed by atoms with Crippen molar-refractivity contribution in [2.45, 2.75) is 19.6 Å². The van der Waals surface area contributed by atoms with E-state index in [4.69, 9.17) is 16.3 Å². The zero-order chi connectivity index (χ0) is 13.9. The van der Waals surface area contributed by atoms with Crippen LogP contribution in [0.15, 0.2) is 30.3 Å². The van der Waals surface area contributed by atoms with Crippen LogP contribution < -0.4 is 10.1 Å². The van der Waals surface area contributed by atoms with Gasteiger partial charge in [-0.25, -0.2) is 9.37 Å². The number of benzene rings is 1. The van der Waals surface area contributed by atoms with Crippen LogP contribution in [0.4, 0.5) is 4.39 Å². The van der Waals surface area contributed by atoms with Crippen molar-refractivity contribution in [1.29, 1.82) is 0 Å². The van der Waals surface area contributed by atoms with Gasteiger partial charge in [0.25, 0.3) is 0 Å². The summed E-state index contributed by atoms with van der Waals surface area (Å²) in [5, 5.41) is 3.64. The number of ether oxygens (including phenoxy) is 1. The molecule has 0 aliphatic carbocycles. The fourth-order valence-corrected chi connectivity index (χ4v) is 2.35. The van der Waals surface area contributed by atoms with Gasteiger partial charge >= 0.3 is 0 Å². The summed E-state index contributed by atoms with van der Waals surface area (Å²) in [6, 6.07) is 8.41. The molecule has 0 bridgehead atoms. The first kappa shape index (κ1) is 13.3. The van der Waals surface area contributed by atoms with Gasteiger partial charge in [-0.05, 0) is 30.7 Å². The van der Waals surface area contributed by atoms with Crippen LogP contribution in [-0.4, -0.2) is 11.5 Å². The molecule has 0 saturated heterocycles. The molecule has 2 aromatic rings. The Balaban J connectivity index is 1.72. The van der Waals surface area contributed by atoms with Gasteiger partial charge in [0.15, 0.2) is 0 Å². The zero-order valence-electron chi connectivity index (χ0n) is 10.8. The van der Waals surface area contributed by atoms with Gasteiger partial charge in [0.1, 0.15) is 12.4 Å². The standard InChI is InChI=1S/C15H14ClFN2O/c16-12-3-1-11(13(17)7-12)9-20-15-4-2-10-5-6-18-8-14(10)19-15/h1-4,7,18H,5-6,8-9H2. The average molecular weight is 293 g/mol. The van der Waals surface area contributed by atoms with E-state index in [1.807, 2.05) is 12.1 Å². The first-order valence-corrected chi connectivity index (χ1v) is 6.86. The topological polar surface area (TPSA) is 34.1 Å². The summed E-state index contributed by atoms with van der Waals surface area (Å²) in [5.41, 5.74) is 2.71. The van der Waals surface area contributed by atoms with Crippen molar-refractivity contribution in [2.24, 2.45) is 0 Å². The van der Waals surface area contributed by atoms with Crippen molar-refractivity contribution >= 4 is 11.6 Å². The summed E-state index contributed by atoms with van der Waals surface area (Å²) in [7, 11) is 0. The SMILES string of the molecule is Fc1cc(Cl)ccc1COc1ccc2c(n1)CNCC2. The highest BCUT2D eigenvalue weighted by Gasteiger charge is 2.11. The van der Waals surface area contributed by atoms with Crippen LogP contribution >= 0.6 is 11.6 Å². The molecule has 2 heterocycles. The molecule has 0 fully saturated rings. The van der Waals surface area contributed by atoms with Crippen molar-refractivity contribution in [3.8, 4) is 5.88 Å². The molecular formula is C15H14ClFN2O. The van der Waals surface area contributed by atoms with E-state index in [0.717, 1.165) is 25.2 Å². The molecule has 0 spiro atoms. The molecule has 1 aromatic carbocycles. The predicted molar refractivity (Wildman–Crippen MR) is 75.4 cm³/mol. The van der Waals surface area contributed by atoms with Gasteiger partial charge in [0.2, 0.25) is 5.88 Å². The lowest BCUT2D eigenvalue weighted by Crippen LogP contribution is -2.24. The van der Waals surface area contributed by atoms with Gasteiger partial charge in [-0.1, -0.05) is 23.7 Å². The molecule has 1 N–H and O–H groups in total. The summed E-state index contributed by atoms with van der Waals surface area (Å²) >= 11 is 5.71. The summed E-state index contributed by atoms with van der Waals surface area (Å²) in [6.07, 6.45) is 0.981. The van der Waals surface area contributed by atoms with E-state index in [-0.39, 0.29) is 12.4 Å². The second kappa shape index (κ2) is 5.77. The van der Waals surface area contributed by atoms with Gasteiger partial charge in [0.05, 0.1) is 5.69 Å². The second-order valence-corrected chi connectivity index (χ2v) is 5.14. The largest absolute Gasteiger partial charge is 0.473 e. The molecule has 1 aliphatic rings. The molecule has 1 aliphatic heterocycles. The van der Waals surface area contributed by atoms with Gasteiger partial charge < -0.3 is 10.1 Å². The van der Waals surface area contributed by atoms with Crippen LogP contribution in [-0.2, 0) is 19.6 Å². The van der Waals surface area contributed by atoms with Crippen molar-refractivity contribution in [1.82, 2.24) is 10.3 Å². The zero-order valence-corrected chi connectivity index (χ0v) is 11.6. The smallest absolute Gasteiger partial charge is 0.213 e. The number of nitrogens with one attached hydrogen (secondary N) is 1. The Morgan fingerprint density at radius 2 is 2.20 bits per heavy atom. The number of pyridine rings is 1. The number of rotatable bonds is 3. The molecule has 0 atom stereocenters. The van der Waals surface area contributed by atoms with E-state index in [0.29, 0.717) is 16.5 Å². The van der Waals surface area contributed by atoms with E-state index in [2.05, 4.69) is 10.3 Å². The number of halogens is 2. The molecule has 0 unspecified atom stereocenters. The Labute approximate surface area is 121 Å². The van der Waals surface area contributed by atoms with Gasteiger partial charge in [-0.15, -0.1) is 0 Å². The Hall–Kier alpha value is -1.65. The molecule has 0 saturated carbocycles. The molecule has 0 amide bonds. The minimum Gasteiger partial charge on any atom is -0.473 e. The molecule has 1 aromatic heterocycles. The van der Waals surface area contributed by atoms with Crippen molar-refractivity contribution < 1.29 is 9.13 Å². The number of fused-ring (bicyclic) bond motifs is 1. The van der Waals surface area contributed by atoms with Crippen LogP contribution in [0, 0.1) is 5.82 Å². The van der Waals surface area contributed by atoms with Crippen molar-refractivity contribution in [3.63, 3.8) is 0 Å². The lowest BCUT2D eigenvalue weighted by molar-refractivity contribution is 0.286. The normalized spacial score (nSPS) is 13.9. The second-order valence-electron chi connectivity index (χ2n) is 4.71. The highest BCUT2D eigenvalue weighted by molar-refractivity contribution is 6.30. The third kappa shape index (κ3) is 2.92. The molecule has 3 rings (SSSR count). The third-order valence-electron chi connectivity index (χ3n) is 3.30. The average Bonchev–Trinajstić information content (AvgIpc) is 2.46. The molecule has 0 radical (unpaired) electrons. The lowest BCUT2D eigenvalue weighted by Gasteiger charge is -2.16. The van der Waals surface area contributed by atoms with Crippen LogP contribution in [0.2, 0.25) is 5.02 Å². The Morgan fingerprint density at radius 1 is 1.30 bits per heavy atom. The van der Waals surface area contributed by atoms with Gasteiger partial charge in [-0.2, -0.15) is 0 Å². The molecule has 20 heavy (non-hydrogen) atoms. The number of hydrogen-bond acceptors (Lipinski definition) is 3. The fraction of sp³-hybridized carbons (Fsp3) is 0.267. The minimum absolute atomic E-state index is 0.141. The summed E-state index contributed by atoms with van der Waals surface area (Å²) in [4.78, 5) is 4.44. The lowest BCUT2D eigenvalue weighted by atomic mass is 10.1. The Morgan fingerprint density at radius 3 is 3.05 bits per heavy atom. The fourth-order valence-electron chi connectivity index (χ4n) is 2.19. The quantitative estimate of drug-likeness (QED) is 0.944. The van der Waals surface area contributed by atoms with E-state index < -0.39 is 0 Å². The maximum Gasteiger partial charge on any atom is 0.213 e. The molecular weight excluding hydrogens is 279 g/mol. The first-order chi connectivity index (χ1) is 9.72. The first-order valence-electron chi connectivity index (χ1n) is 6.48. The van der Waals surface area contributed by atoms with Crippen molar-refractivity contribution in [3.05, 3.63) is 58.0 Å². The molecule has 104 valence electrons. The molecule has 5 heteroatoms. The maximum atomic E-state index is 13.6. The van der Waals surface area contributed by atoms with Gasteiger partial charge in [0, 0.05) is 23.2 Å². The highest BCUT2D eigenvalue weighted by atomic mass is 35.5. The summed E-state index contributed by atoms with van der Waals surface area (Å²) in [5.74, 6) is 0.152. The van der Waals surface area contributed by atoms with Crippen LogP contribution in [0.1, 0.15) is 16.8 Å². The monoisotopic (exact) mass is 292 g/mol. The van der Waals surface area contributed by atoms with Crippen LogP contribution in [0.5, 0.6) is 5.88 Å². The number of aromatic nitrogens is 1. The molecule has 3 nitrogen and oxygen atoms in total. The van der Waals surface area contributed by atoms with Gasteiger partial charge in [-0.3, -0.25) is 0 Å². The summed E-state index contributed by atoms with van der Waals surface area (Å²) < 4.78 is 19.2. The number of hydrogen-bond donors (Lipinski definition) is 1. The van der Waals surface area contributed by atoms with E-state index in [1.165, 1.54) is 11.6 Å². The number of nitrogens with zero attached hydrogens (tertiary/aromatic N) is 1. The predicted octanol–water partition coefficient (Wildman–Crippen LogP) is 3.10. The van der Waals surface area contributed by atoms with Crippen LogP contribution in [0.25, 0.3) is 0 Å².